The van der Waals surface area contributed by atoms with Crippen LogP contribution in [0.5, 0.6) is 0 Å². The molecule has 0 heteroatoms. The maximum Gasteiger partial charge on any atom is -0.000640 e. The fraction of sp³-hybridized carbons (Fsp3) is 0.385. The fourth-order valence-electron chi connectivity index (χ4n) is 1.96. The molecule has 0 fully saturated rings. The number of benzene rings is 1. The van der Waals surface area contributed by atoms with Gasteiger partial charge >= 0.3 is 0 Å². The smallest absolute Gasteiger partial charge is 0.000640 e. The van der Waals surface area contributed by atoms with Gasteiger partial charge in [0.2, 0.25) is 0 Å². The van der Waals surface area contributed by atoms with Crippen molar-refractivity contribution in [2.24, 2.45) is 0 Å². The third kappa shape index (κ3) is 1.53. The molecule has 1 aromatic rings. The molecule has 0 aliphatic heterocycles. The first-order chi connectivity index (χ1) is 6.21. The van der Waals surface area contributed by atoms with Crippen molar-refractivity contribution < 1.29 is 0 Å². The van der Waals surface area contributed by atoms with E-state index in [1.165, 1.54) is 24.0 Å². The first-order valence-electron chi connectivity index (χ1n) is 4.93. The van der Waals surface area contributed by atoms with Crippen LogP contribution in [0.1, 0.15) is 30.9 Å². The summed E-state index contributed by atoms with van der Waals surface area (Å²) in [5.41, 5.74) is 3.19. The Morgan fingerprint density at radius 3 is 2.08 bits per heavy atom. The molecule has 2 rings (SSSR count). The molecule has 1 aromatic carbocycles. The van der Waals surface area contributed by atoms with Gasteiger partial charge in [-0.2, -0.15) is 0 Å². The van der Waals surface area contributed by atoms with Gasteiger partial charge in [0.1, 0.15) is 0 Å². The second kappa shape index (κ2) is 3.02. The van der Waals surface area contributed by atoms with Gasteiger partial charge in [0.25, 0.3) is 0 Å². The summed E-state index contributed by atoms with van der Waals surface area (Å²) in [6, 6.07) is 8.95. The zero-order valence-corrected chi connectivity index (χ0v) is 8.38. The van der Waals surface area contributed by atoms with Crippen LogP contribution in [0.2, 0.25) is 0 Å². The molecule has 1 aliphatic rings. The van der Waals surface area contributed by atoms with Crippen LogP contribution in [-0.4, -0.2) is 0 Å². The molecule has 1 aliphatic carbocycles. The van der Waals surface area contributed by atoms with Crippen molar-refractivity contribution in [3.05, 3.63) is 47.5 Å². The Morgan fingerprint density at radius 2 is 1.54 bits per heavy atom. The van der Waals surface area contributed by atoms with Gasteiger partial charge in [-0.05, 0) is 30.7 Å². The summed E-state index contributed by atoms with van der Waals surface area (Å²) in [4.78, 5) is 0. The molecule has 0 nitrogen and oxygen atoms in total. The molecular weight excluding hydrogens is 156 g/mol. The summed E-state index contributed by atoms with van der Waals surface area (Å²) in [5, 5.41) is 0. The Kier molecular flexibility index (Phi) is 1.99. The van der Waals surface area contributed by atoms with Gasteiger partial charge in [-0.15, -0.1) is 0 Å². The molecule has 0 amide bonds. The van der Waals surface area contributed by atoms with Crippen LogP contribution in [0.15, 0.2) is 36.4 Å². The van der Waals surface area contributed by atoms with E-state index in [-0.39, 0.29) is 0 Å². The van der Waals surface area contributed by atoms with Crippen LogP contribution in [0, 0.1) is 6.92 Å². The minimum Gasteiger partial charge on any atom is -0.0876 e. The van der Waals surface area contributed by atoms with Crippen LogP contribution >= 0.6 is 0 Å². The number of hydrogen-bond acceptors (Lipinski definition) is 0. The number of rotatable bonds is 1. The summed E-state index contributed by atoms with van der Waals surface area (Å²) < 4.78 is 0. The molecule has 0 saturated heterocycles. The standard InChI is InChI=1S/C13H16/c1-11-5-7-12(8-6-11)13(2)9-3-4-10-13/h3-8H,9-10H2,1-2H3. The fourth-order valence-corrected chi connectivity index (χ4v) is 1.96. The molecular formula is C13H16. The van der Waals surface area contributed by atoms with E-state index in [0.29, 0.717) is 5.41 Å². The Hall–Kier alpha value is -1.04. The second-order valence-corrected chi connectivity index (χ2v) is 4.31. The van der Waals surface area contributed by atoms with E-state index in [2.05, 4.69) is 50.3 Å². The Morgan fingerprint density at radius 1 is 1.00 bits per heavy atom. The van der Waals surface area contributed by atoms with Gasteiger partial charge in [0.15, 0.2) is 0 Å². The maximum absolute atomic E-state index is 2.34. The monoisotopic (exact) mass is 172 g/mol. The zero-order valence-electron chi connectivity index (χ0n) is 8.38. The highest BCUT2D eigenvalue weighted by Crippen LogP contribution is 2.36. The molecule has 0 atom stereocenters. The highest BCUT2D eigenvalue weighted by atomic mass is 14.3. The van der Waals surface area contributed by atoms with Crippen LogP contribution in [0.3, 0.4) is 0 Å². The lowest BCUT2D eigenvalue weighted by atomic mass is 9.80. The average Bonchev–Trinajstić information content (AvgIpc) is 2.54. The summed E-state index contributed by atoms with van der Waals surface area (Å²) >= 11 is 0. The predicted octanol–water partition coefficient (Wildman–Crippen LogP) is 3.60. The minimum absolute atomic E-state index is 0.369. The molecule has 0 saturated carbocycles. The first kappa shape index (κ1) is 8.55. The Bertz CT molecular complexity index is 308. The Labute approximate surface area is 80.3 Å². The number of allylic oxidation sites excluding steroid dienone is 2. The topological polar surface area (TPSA) is 0 Å². The second-order valence-electron chi connectivity index (χ2n) is 4.31. The highest BCUT2D eigenvalue weighted by molar-refractivity contribution is 5.31. The van der Waals surface area contributed by atoms with Crippen molar-refractivity contribution >= 4 is 0 Å². The maximum atomic E-state index is 2.34. The molecule has 0 heterocycles. The van der Waals surface area contributed by atoms with Crippen molar-refractivity contribution in [1.29, 1.82) is 0 Å². The summed E-state index contributed by atoms with van der Waals surface area (Å²) in [6.07, 6.45) is 6.96. The normalized spacial score (nSPS) is 19.2. The van der Waals surface area contributed by atoms with Gasteiger partial charge in [-0.25, -0.2) is 0 Å². The van der Waals surface area contributed by atoms with Gasteiger partial charge in [0.05, 0.1) is 0 Å². The van der Waals surface area contributed by atoms with Gasteiger partial charge < -0.3 is 0 Å². The Balaban J connectivity index is 2.30. The van der Waals surface area contributed by atoms with Crippen LogP contribution in [0.25, 0.3) is 0 Å². The molecule has 68 valence electrons. The van der Waals surface area contributed by atoms with Crippen molar-refractivity contribution in [2.75, 3.05) is 0 Å². The summed E-state index contributed by atoms with van der Waals surface area (Å²) in [6.45, 7) is 4.48. The molecule has 0 N–H and O–H groups in total. The quantitative estimate of drug-likeness (QED) is 0.568. The number of hydrogen-bond donors (Lipinski definition) is 0. The number of aryl methyl sites for hydroxylation is 1. The van der Waals surface area contributed by atoms with Crippen molar-refractivity contribution in [3.63, 3.8) is 0 Å². The molecule has 13 heavy (non-hydrogen) atoms. The summed E-state index contributed by atoms with van der Waals surface area (Å²) in [5.74, 6) is 0. The van der Waals surface area contributed by atoms with E-state index in [1.807, 2.05) is 0 Å². The molecule has 0 bridgehead atoms. The molecule has 0 radical (unpaired) electrons. The predicted molar refractivity (Wildman–Crippen MR) is 56.9 cm³/mol. The SMILES string of the molecule is Cc1ccc(C2(C)CC=CC2)cc1. The van der Waals surface area contributed by atoms with Gasteiger partial charge in [-0.3, -0.25) is 0 Å². The molecule has 0 spiro atoms. The molecule has 0 unspecified atom stereocenters. The average molecular weight is 172 g/mol. The zero-order chi connectivity index (χ0) is 9.31. The van der Waals surface area contributed by atoms with Gasteiger partial charge in [-0.1, -0.05) is 48.9 Å². The third-order valence-corrected chi connectivity index (χ3v) is 3.05. The lowest BCUT2D eigenvalue weighted by Crippen LogP contribution is -2.16. The first-order valence-corrected chi connectivity index (χ1v) is 4.93. The summed E-state index contributed by atoms with van der Waals surface area (Å²) in [7, 11) is 0. The van der Waals surface area contributed by atoms with Crippen LogP contribution < -0.4 is 0 Å². The van der Waals surface area contributed by atoms with Crippen molar-refractivity contribution in [2.45, 2.75) is 32.1 Å². The van der Waals surface area contributed by atoms with E-state index < -0.39 is 0 Å². The molecule has 0 aromatic heterocycles. The highest BCUT2D eigenvalue weighted by Gasteiger charge is 2.26. The minimum atomic E-state index is 0.369. The lowest BCUT2D eigenvalue weighted by Gasteiger charge is -2.24. The third-order valence-electron chi connectivity index (χ3n) is 3.05. The van der Waals surface area contributed by atoms with E-state index in [4.69, 9.17) is 0 Å². The largest absolute Gasteiger partial charge is 0.0876 e. The van der Waals surface area contributed by atoms with Crippen molar-refractivity contribution in [3.8, 4) is 0 Å². The van der Waals surface area contributed by atoms with E-state index >= 15 is 0 Å². The lowest BCUT2D eigenvalue weighted by molar-refractivity contribution is 0.511. The van der Waals surface area contributed by atoms with Crippen LogP contribution in [0.4, 0.5) is 0 Å². The van der Waals surface area contributed by atoms with E-state index in [0.717, 1.165) is 0 Å². The van der Waals surface area contributed by atoms with E-state index in [1.54, 1.807) is 0 Å². The van der Waals surface area contributed by atoms with Gasteiger partial charge in [0, 0.05) is 0 Å². The van der Waals surface area contributed by atoms with Crippen molar-refractivity contribution in [1.82, 2.24) is 0 Å². The van der Waals surface area contributed by atoms with Crippen LogP contribution in [-0.2, 0) is 5.41 Å². The van der Waals surface area contributed by atoms with E-state index in [9.17, 15) is 0 Å².